The Morgan fingerprint density at radius 2 is 2.26 bits per heavy atom. The summed E-state index contributed by atoms with van der Waals surface area (Å²) in [6, 6.07) is 0.698. The normalized spacial score (nSPS) is 27.8. The van der Waals surface area contributed by atoms with Gasteiger partial charge in [-0.05, 0) is 45.2 Å². The maximum absolute atomic E-state index is 12.6. The number of carbonyl (C=O) groups excluding carboxylic acids is 1. The highest BCUT2D eigenvalue weighted by Crippen LogP contribution is 2.30. The van der Waals surface area contributed by atoms with E-state index in [0.717, 1.165) is 51.9 Å². The molecule has 1 aromatic rings. The molecule has 6 nitrogen and oxygen atoms in total. The molecule has 0 aromatic carbocycles. The number of likely N-dealkylation sites (tertiary alicyclic amines) is 1. The SMILES string of the molecule is CCN(C)C[C@@H]1CCN(C(=O)N[C@@H]2CCC[C@H]2n2ccnc2)C1. The minimum atomic E-state index is 0.115. The number of hydrogen-bond donors (Lipinski definition) is 1. The van der Waals surface area contributed by atoms with Crippen molar-refractivity contribution in [3.63, 3.8) is 0 Å². The van der Waals surface area contributed by atoms with E-state index in [-0.39, 0.29) is 12.1 Å². The van der Waals surface area contributed by atoms with Crippen molar-refractivity contribution in [2.24, 2.45) is 5.92 Å². The maximum atomic E-state index is 12.6. The molecule has 0 unspecified atom stereocenters. The summed E-state index contributed by atoms with van der Waals surface area (Å²) in [5, 5.41) is 3.27. The molecule has 1 aliphatic heterocycles. The zero-order valence-corrected chi connectivity index (χ0v) is 14.3. The lowest BCUT2D eigenvalue weighted by Gasteiger charge is -2.26. The molecule has 0 bridgehead atoms. The number of aromatic nitrogens is 2. The van der Waals surface area contributed by atoms with Crippen molar-refractivity contribution >= 4 is 6.03 Å². The third-order valence-electron chi connectivity index (χ3n) is 5.38. The topological polar surface area (TPSA) is 53.4 Å². The van der Waals surface area contributed by atoms with Gasteiger partial charge in [-0.25, -0.2) is 9.78 Å². The molecule has 0 spiro atoms. The van der Waals surface area contributed by atoms with E-state index in [1.54, 1.807) is 0 Å². The second kappa shape index (κ2) is 7.34. The highest BCUT2D eigenvalue weighted by Gasteiger charge is 2.33. The van der Waals surface area contributed by atoms with Crippen molar-refractivity contribution in [1.82, 2.24) is 24.7 Å². The van der Waals surface area contributed by atoms with Gasteiger partial charge < -0.3 is 19.7 Å². The molecule has 1 saturated carbocycles. The Labute approximate surface area is 138 Å². The lowest BCUT2D eigenvalue weighted by atomic mass is 10.1. The predicted octanol–water partition coefficient (Wildman–Crippen LogP) is 1.96. The average molecular weight is 319 g/mol. The number of imidazole rings is 1. The number of urea groups is 1. The maximum Gasteiger partial charge on any atom is 0.317 e. The standard InChI is InChI=1S/C17H29N5O/c1-3-20(2)11-14-7-9-21(12-14)17(23)19-15-5-4-6-16(15)22-10-8-18-13-22/h8,10,13-16H,3-7,9,11-12H2,1-2H3,(H,19,23)/t14-,15+,16+/m0/s1. The Morgan fingerprint density at radius 3 is 3.00 bits per heavy atom. The van der Waals surface area contributed by atoms with Gasteiger partial charge in [0.05, 0.1) is 18.4 Å². The molecule has 0 radical (unpaired) electrons. The van der Waals surface area contributed by atoms with Crippen LogP contribution in [-0.4, -0.2) is 64.7 Å². The molecule has 2 fully saturated rings. The van der Waals surface area contributed by atoms with Gasteiger partial charge in [0.2, 0.25) is 0 Å². The Hall–Kier alpha value is -1.56. The van der Waals surface area contributed by atoms with Crippen molar-refractivity contribution < 1.29 is 4.79 Å². The molecule has 2 heterocycles. The van der Waals surface area contributed by atoms with Crippen LogP contribution in [0.25, 0.3) is 0 Å². The molecule has 2 aliphatic rings. The third-order valence-corrected chi connectivity index (χ3v) is 5.38. The first-order valence-corrected chi connectivity index (χ1v) is 8.88. The lowest BCUT2D eigenvalue weighted by molar-refractivity contribution is 0.197. The van der Waals surface area contributed by atoms with Gasteiger partial charge in [-0.1, -0.05) is 6.92 Å². The van der Waals surface area contributed by atoms with Crippen molar-refractivity contribution in [3.05, 3.63) is 18.7 Å². The molecule has 3 atom stereocenters. The Bertz CT molecular complexity index is 503. The molecule has 2 amide bonds. The zero-order valence-electron chi connectivity index (χ0n) is 14.3. The summed E-state index contributed by atoms with van der Waals surface area (Å²) in [6.45, 7) is 6.10. The monoisotopic (exact) mass is 319 g/mol. The van der Waals surface area contributed by atoms with Gasteiger partial charge in [0.25, 0.3) is 0 Å². The van der Waals surface area contributed by atoms with Crippen LogP contribution in [0.5, 0.6) is 0 Å². The fourth-order valence-corrected chi connectivity index (χ4v) is 3.92. The molecule has 1 saturated heterocycles. The summed E-state index contributed by atoms with van der Waals surface area (Å²) >= 11 is 0. The van der Waals surface area contributed by atoms with Crippen LogP contribution < -0.4 is 5.32 Å². The molecule has 23 heavy (non-hydrogen) atoms. The molecular weight excluding hydrogens is 290 g/mol. The first kappa shape index (κ1) is 16.3. The van der Waals surface area contributed by atoms with E-state index >= 15 is 0 Å². The van der Waals surface area contributed by atoms with Gasteiger partial charge in [-0.15, -0.1) is 0 Å². The number of carbonyl (C=O) groups is 1. The van der Waals surface area contributed by atoms with Crippen molar-refractivity contribution in [1.29, 1.82) is 0 Å². The summed E-state index contributed by atoms with van der Waals surface area (Å²) < 4.78 is 2.14. The van der Waals surface area contributed by atoms with Gasteiger partial charge in [0.15, 0.2) is 0 Å². The van der Waals surface area contributed by atoms with Gasteiger partial charge in [0, 0.05) is 32.0 Å². The zero-order chi connectivity index (χ0) is 16.2. The van der Waals surface area contributed by atoms with Crippen molar-refractivity contribution in [3.8, 4) is 0 Å². The number of rotatable bonds is 5. The lowest BCUT2D eigenvalue weighted by Crippen LogP contribution is -2.45. The third kappa shape index (κ3) is 3.86. The molecule has 1 N–H and O–H groups in total. The first-order chi connectivity index (χ1) is 11.2. The fraction of sp³-hybridized carbons (Fsp3) is 0.765. The van der Waals surface area contributed by atoms with E-state index in [9.17, 15) is 4.79 Å². The Morgan fingerprint density at radius 1 is 1.39 bits per heavy atom. The van der Waals surface area contributed by atoms with E-state index in [1.807, 2.05) is 23.6 Å². The van der Waals surface area contributed by atoms with E-state index in [4.69, 9.17) is 0 Å². The van der Waals surface area contributed by atoms with Crippen LogP contribution >= 0.6 is 0 Å². The minimum absolute atomic E-state index is 0.115. The van der Waals surface area contributed by atoms with E-state index in [1.165, 1.54) is 0 Å². The van der Waals surface area contributed by atoms with Crippen LogP contribution in [0.1, 0.15) is 38.6 Å². The molecular formula is C17H29N5O. The first-order valence-electron chi connectivity index (χ1n) is 8.88. The quantitative estimate of drug-likeness (QED) is 0.902. The average Bonchev–Trinajstić information content (AvgIpc) is 3.27. The molecule has 3 rings (SSSR count). The molecule has 128 valence electrons. The van der Waals surface area contributed by atoms with E-state index < -0.39 is 0 Å². The highest BCUT2D eigenvalue weighted by molar-refractivity contribution is 5.75. The van der Waals surface area contributed by atoms with Crippen LogP contribution in [0.15, 0.2) is 18.7 Å². The van der Waals surface area contributed by atoms with Crippen LogP contribution in [0.2, 0.25) is 0 Å². The second-order valence-electron chi connectivity index (χ2n) is 7.02. The van der Waals surface area contributed by atoms with Crippen molar-refractivity contribution in [2.45, 2.75) is 44.7 Å². The van der Waals surface area contributed by atoms with E-state index in [0.29, 0.717) is 12.0 Å². The summed E-state index contributed by atoms with van der Waals surface area (Å²) in [4.78, 5) is 21.1. The Balaban J connectivity index is 1.51. The summed E-state index contributed by atoms with van der Waals surface area (Å²) in [5.41, 5.74) is 0. The second-order valence-corrected chi connectivity index (χ2v) is 7.02. The number of nitrogens with one attached hydrogen (secondary N) is 1. The highest BCUT2D eigenvalue weighted by atomic mass is 16.2. The fourth-order valence-electron chi connectivity index (χ4n) is 3.92. The van der Waals surface area contributed by atoms with Crippen LogP contribution in [0.3, 0.4) is 0 Å². The summed E-state index contributed by atoms with van der Waals surface area (Å²) in [6.07, 6.45) is 10.1. The Kier molecular flexibility index (Phi) is 5.20. The van der Waals surface area contributed by atoms with Crippen LogP contribution in [0, 0.1) is 5.92 Å². The summed E-state index contributed by atoms with van der Waals surface area (Å²) in [7, 11) is 2.15. The van der Waals surface area contributed by atoms with Gasteiger partial charge in [0.1, 0.15) is 0 Å². The summed E-state index contributed by atoms with van der Waals surface area (Å²) in [5.74, 6) is 0.610. The molecule has 6 heteroatoms. The number of amides is 2. The predicted molar refractivity (Wildman–Crippen MR) is 90.3 cm³/mol. The molecule has 1 aromatic heterocycles. The largest absolute Gasteiger partial charge is 0.333 e. The van der Waals surface area contributed by atoms with Crippen molar-refractivity contribution in [2.75, 3.05) is 33.2 Å². The molecule has 1 aliphatic carbocycles. The smallest absolute Gasteiger partial charge is 0.317 e. The van der Waals surface area contributed by atoms with Gasteiger partial charge >= 0.3 is 6.03 Å². The van der Waals surface area contributed by atoms with Gasteiger partial charge in [-0.2, -0.15) is 0 Å². The van der Waals surface area contributed by atoms with Crippen LogP contribution in [-0.2, 0) is 0 Å². The van der Waals surface area contributed by atoms with Crippen LogP contribution in [0.4, 0.5) is 4.79 Å². The minimum Gasteiger partial charge on any atom is -0.333 e. The number of nitrogens with zero attached hydrogens (tertiary/aromatic N) is 4. The van der Waals surface area contributed by atoms with Gasteiger partial charge in [-0.3, -0.25) is 0 Å². The van der Waals surface area contributed by atoms with E-state index in [2.05, 4.69) is 33.7 Å². The number of hydrogen-bond acceptors (Lipinski definition) is 3.